The maximum Gasteiger partial charge on any atom is 0.416 e. The third-order valence-corrected chi connectivity index (χ3v) is 6.92. The molecule has 6 nitrogen and oxygen atoms in total. The molecule has 0 saturated carbocycles. The van der Waals surface area contributed by atoms with E-state index < -0.39 is 33.7 Å². The summed E-state index contributed by atoms with van der Waals surface area (Å²) in [6.45, 7) is 1.67. The number of alkyl halides is 3. The number of benzene rings is 3. The molecular weight excluding hydrogens is 505 g/mol. The first-order valence-corrected chi connectivity index (χ1v) is 12.2. The highest BCUT2D eigenvalue weighted by atomic mass is 35.5. The summed E-state index contributed by atoms with van der Waals surface area (Å²) in [5.74, 6) is -0.384. The molecule has 0 bridgehead atoms. The fourth-order valence-corrected chi connectivity index (χ4v) is 4.77. The van der Waals surface area contributed by atoms with E-state index in [0.29, 0.717) is 22.9 Å². The van der Waals surface area contributed by atoms with E-state index in [0.717, 1.165) is 12.1 Å². The van der Waals surface area contributed by atoms with E-state index in [4.69, 9.17) is 16.3 Å². The summed E-state index contributed by atoms with van der Waals surface area (Å²) in [4.78, 5) is 13.0. The van der Waals surface area contributed by atoms with E-state index in [-0.39, 0.29) is 22.0 Å². The van der Waals surface area contributed by atoms with Crippen molar-refractivity contribution >= 4 is 33.2 Å². The predicted molar refractivity (Wildman–Crippen MR) is 127 cm³/mol. The highest BCUT2D eigenvalue weighted by molar-refractivity contribution is 7.89. The van der Waals surface area contributed by atoms with Crippen molar-refractivity contribution in [1.29, 1.82) is 0 Å². The van der Waals surface area contributed by atoms with Gasteiger partial charge in [0.15, 0.2) is 0 Å². The average molecular weight is 527 g/mol. The molecule has 0 heterocycles. The Morgan fingerprint density at radius 2 is 1.74 bits per heavy atom. The Hall–Kier alpha value is -3.08. The van der Waals surface area contributed by atoms with Gasteiger partial charge in [0.05, 0.1) is 28.3 Å². The van der Waals surface area contributed by atoms with Gasteiger partial charge in [-0.3, -0.25) is 4.79 Å². The van der Waals surface area contributed by atoms with Crippen molar-refractivity contribution in [1.82, 2.24) is 4.72 Å². The number of methoxy groups -OCH3 is 1. The van der Waals surface area contributed by atoms with Gasteiger partial charge in [-0.15, -0.1) is 0 Å². The lowest BCUT2D eigenvalue weighted by Crippen LogP contribution is -2.45. The van der Waals surface area contributed by atoms with Crippen LogP contribution in [-0.4, -0.2) is 27.5 Å². The Balaban J connectivity index is 1.93. The largest absolute Gasteiger partial charge is 0.496 e. The van der Waals surface area contributed by atoms with Gasteiger partial charge in [0, 0.05) is 0 Å². The molecule has 0 radical (unpaired) electrons. The van der Waals surface area contributed by atoms with Crippen LogP contribution in [0.2, 0.25) is 5.02 Å². The zero-order valence-corrected chi connectivity index (χ0v) is 20.3. The number of rotatable bonds is 8. The van der Waals surface area contributed by atoms with Crippen LogP contribution in [0.4, 0.5) is 18.9 Å². The van der Waals surface area contributed by atoms with Crippen LogP contribution in [0.25, 0.3) is 0 Å². The Morgan fingerprint density at radius 1 is 1.06 bits per heavy atom. The van der Waals surface area contributed by atoms with E-state index in [1.54, 1.807) is 37.3 Å². The standard InChI is InChI=1S/C24H22ClF3N2O4S/c1-15-12-18(9-11-22(15)34-2)35(32,33)30-21(13-16-6-4-3-5-7-16)23(31)29-20-14-17(24(26,27)28)8-10-19(20)25/h3-12,14,21,30H,13H2,1-2H3,(H,29,31)/t21-/m1/s1. The molecule has 2 N–H and O–H groups in total. The van der Waals surface area contributed by atoms with Crippen LogP contribution in [0.5, 0.6) is 5.75 Å². The van der Waals surface area contributed by atoms with E-state index in [1.807, 2.05) is 0 Å². The molecule has 11 heteroatoms. The first kappa shape index (κ1) is 26.5. The van der Waals surface area contributed by atoms with E-state index in [9.17, 15) is 26.4 Å². The van der Waals surface area contributed by atoms with Crippen molar-refractivity contribution in [3.05, 3.63) is 88.4 Å². The number of aryl methyl sites for hydroxylation is 1. The number of carbonyl (C=O) groups is 1. The van der Waals surface area contributed by atoms with E-state index in [1.165, 1.54) is 25.3 Å². The van der Waals surface area contributed by atoms with Crippen molar-refractivity contribution in [2.24, 2.45) is 0 Å². The van der Waals surface area contributed by atoms with Crippen LogP contribution in [0.3, 0.4) is 0 Å². The van der Waals surface area contributed by atoms with Crippen molar-refractivity contribution in [2.45, 2.75) is 30.5 Å². The number of sulfonamides is 1. The van der Waals surface area contributed by atoms with Gasteiger partial charge in [-0.05, 0) is 60.9 Å². The summed E-state index contributed by atoms with van der Waals surface area (Å²) >= 11 is 6.00. The molecule has 0 aliphatic heterocycles. The lowest BCUT2D eigenvalue weighted by atomic mass is 10.1. The number of anilines is 1. The second-order valence-corrected chi connectivity index (χ2v) is 9.80. The van der Waals surface area contributed by atoms with Gasteiger partial charge < -0.3 is 10.1 Å². The quantitative estimate of drug-likeness (QED) is 0.422. The molecule has 1 amide bonds. The fourth-order valence-electron chi connectivity index (χ4n) is 3.33. The van der Waals surface area contributed by atoms with E-state index >= 15 is 0 Å². The molecule has 0 unspecified atom stereocenters. The summed E-state index contributed by atoms with van der Waals surface area (Å²) < 4.78 is 73.1. The Morgan fingerprint density at radius 3 is 2.34 bits per heavy atom. The smallest absolute Gasteiger partial charge is 0.416 e. The van der Waals surface area contributed by atoms with Crippen LogP contribution in [0.1, 0.15) is 16.7 Å². The van der Waals surface area contributed by atoms with Crippen LogP contribution >= 0.6 is 11.6 Å². The Labute approximate surface area is 206 Å². The van der Waals surface area contributed by atoms with Gasteiger partial charge in [-0.1, -0.05) is 41.9 Å². The summed E-state index contributed by atoms with van der Waals surface area (Å²) in [6, 6.07) is 13.9. The summed E-state index contributed by atoms with van der Waals surface area (Å²) in [5.41, 5.74) is -0.0956. The fraction of sp³-hybridized carbons (Fsp3) is 0.208. The van der Waals surface area contributed by atoms with Gasteiger partial charge in [-0.25, -0.2) is 8.42 Å². The van der Waals surface area contributed by atoms with Gasteiger partial charge in [-0.2, -0.15) is 17.9 Å². The molecule has 0 saturated heterocycles. The van der Waals surface area contributed by atoms with Gasteiger partial charge in [0.25, 0.3) is 0 Å². The second-order valence-electron chi connectivity index (χ2n) is 7.68. The molecule has 3 aromatic rings. The lowest BCUT2D eigenvalue weighted by molar-refractivity contribution is -0.137. The molecular formula is C24H22ClF3N2O4S. The summed E-state index contributed by atoms with van der Waals surface area (Å²) in [7, 11) is -2.73. The van der Waals surface area contributed by atoms with Gasteiger partial charge >= 0.3 is 6.18 Å². The first-order chi connectivity index (χ1) is 16.4. The minimum absolute atomic E-state index is 0.0579. The second kappa shape index (κ2) is 10.7. The number of hydrogen-bond acceptors (Lipinski definition) is 4. The SMILES string of the molecule is COc1ccc(S(=O)(=O)N[C@H](Cc2ccccc2)C(=O)Nc2cc(C(F)(F)F)ccc2Cl)cc1C. The number of amides is 1. The van der Waals surface area contributed by atoms with Crippen LogP contribution < -0.4 is 14.8 Å². The lowest BCUT2D eigenvalue weighted by Gasteiger charge is -2.20. The number of ether oxygens (including phenoxy) is 1. The zero-order valence-electron chi connectivity index (χ0n) is 18.7. The van der Waals surface area contributed by atoms with Gasteiger partial charge in [0.2, 0.25) is 15.9 Å². The van der Waals surface area contributed by atoms with Crippen LogP contribution in [0.15, 0.2) is 71.6 Å². The Kier molecular flexibility index (Phi) is 8.09. The molecule has 186 valence electrons. The third-order valence-electron chi connectivity index (χ3n) is 5.12. The Bertz CT molecular complexity index is 1320. The van der Waals surface area contributed by atoms with Crippen molar-refractivity contribution < 1.29 is 31.1 Å². The highest BCUT2D eigenvalue weighted by Crippen LogP contribution is 2.34. The molecule has 3 rings (SSSR count). The predicted octanol–water partition coefficient (Wildman–Crippen LogP) is 5.20. The summed E-state index contributed by atoms with van der Waals surface area (Å²) in [5, 5.41) is 2.20. The van der Waals surface area contributed by atoms with Crippen molar-refractivity contribution in [3.8, 4) is 5.75 Å². The topological polar surface area (TPSA) is 84.5 Å². The average Bonchev–Trinajstić information content (AvgIpc) is 2.79. The molecule has 0 spiro atoms. The monoisotopic (exact) mass is 526 g/mol. The summed E-state index contributed by atoms with van der Waals surface area (Å²) in [6.07, 6.45) is -4.71. The highest BCUT2D eigenvalue weighted by Gasteiger charge is 2.32. The molecule has 1 atom stereocenters. The molecule has 35 heavy (non-hydrogen) atoms. The molecule has 0 fully saturated rings. The van der Waals surface area contributed by atoms with E-state index in [2.05, 4.69) is 10.0 Å². The molecule has 0 aromatic heterocycles. The number of nitrogens with one attached hydrogen (secondary N) is 2. The van der Waals surface area contributed by atoms with Crippen LogP contribution in [-0.2, 0) is 27.4 Å². The third kappa shape index (κ3) is 6.74. The minimum Gasteiger partial charge on any atom is -0.496 e. The molecule has 0 aliphatic rings. The zero-order chi connectivity index (χ0) is 25.8. The van der Waals surface area contributed by atoms with Crippen molar-refractivity contribution in [2.75, 3.05) is 12.4 Å². The maximum absolute atomic E-state index is 13.1. The first-order valence-electron chi connectivity index (χ1n) is 10.3. The number of hydrogen-bond donors (Lipinski definition) is 2. The number of carbonyl (C=O) groups excluding carboxylic acids is 1. The van der Waals surface area contributed by atoms with Crippen molar-refractivity contribution in [3.63, 3.8) is 0 Å². The van der Waals surface area contributed by atoms with Gasteiger partial charge in [0.1, 0.15) is 11.8 Å². The normalized spacial score (nSPS) is 12.7. The van der Waals surface area contributed by atoms with Crippen LogP contribution in [0, 0.1) is 6.92 Å². The maximum atomic E-state index is 13.1. The minimum atomic E-state index is -4.65. The molecule has 0 aliphatic carbocycles. The molecule has 3 aromatic carbocycles. The number of halogens is 4.